The van der Waals surface area contributed by atoms with Crippen LogP contribution in [0.3, 0.4) is 0 Å². The van der Waals surface area contributed by atoms with Crippen molar-refractivity contribution < 1.29 is 56.3 Å². The molecule has 0 amide bonds. The van der Waals surface area contributed by atoms with E-state index in [1.54, 1.807) is 44.3 Å². The van der Waals surface area contributed by atoms with Crippen molar-refractivity contribution >= 4 is 11.8 Å². The third-order valence-corrected chi connectivity index (χ3v) is 15.8. The monoisotopic (exact) mass is 913 g/mol. The second-order valence-electron chi connectivity index (χ2n) is 19.6. The number of hydrogen-bond donors (Lipinski definition) is 0. The van der Waals surface area contributed by atoms with E-state index in [2.05, 4.69) is 36.2 Å². The zero-order chi connectivity index (χ0) is 46.3. The second kappa shape index (κ2) is 20.6. The summed E-state index contributed by atoms with van der Waals surface area (Å²) in [6.07, 6.45) is 2.84. The smallest absolute Gasteiger partial charge is 0.306 e. The highest BCUT2D eigenvalue weighted by Gasteiger charge is 2.61. The lowest BCUT2D eigenvalue weighted by Crippen LogP contribution is -2.59. The molecule has 360 valence electrons. The minimum Gasteiger partial charge on any atom is -0.462 e. The lowest BCUT2D eigenvalue weighted by molar-refractivity contribution is -0.314. The van der Waals surface area contributed by atoms with E-state index in [0.29, 0.717) is 61.8 Å². The van der Waals surface area contributed by atoms with Crippen molar-refractivity contribution in [3.8, 4) is 11.3 Å². The van der Waals surface area contributed by atoms with Crippen LogP contribution in [-0.2, 0) is 47.5 Å². The zero-order valence-electron chi connectivity index (χ0n) is 39.4. The van der Waals surface area contributed by atoms with Gasteiger partial charge in [0.05, 0.1) is 43.1 Å². The van der Waals surface area contributed by atoms with E-state index in [9.17, 15) is 9.18 Å². The summed E-state index contributed by atoms with van der Waals surface area (Å²) in [5.41, 5.74) is 1.58. The first kappa shape index (κ1) is 48.2. The van der Waals surface area contributed by atoms with Crippen molar-refractivity contribution in [3.63, 3.8) is 0 Å². The number of cyclic esters (lactones) is 1. The number of carbonyl (C=O) groups excluding carboxylic acids is 2. The van der Waals surface area contributed by atoms with E-state index >= 15 is 9.18 Å². The summed E-state index contributed by atoms with van der Waals surface area (Å²) in [6, 6.07) is 5.38. The number of rotatable bonds is 11. The van der Waals surface area contributed by atoms with Crippen LogP contribution in [0.2, 0.25) is 0 Å². The van der Waals surface area contributed by atoms with Gasteiger partial charge in [0.1, 0.15) is 42.1 Å². The van der Waals surface area contributed by atoms with E-state index in [1.807, 2.05) is 26.8 Å². The van der Waals surface area contributed by atoms with Crippen molar-refractivity contribution in [2.75, 3.05) is 35.4 Å². The van der Waals surface area contributed by atoms with Crippen LogP contribution in [0, 0.1) is 41.3 Å². The largest absolute Gasteiger partial charge is 0.462 e. The molecule has 65 heavy (non-hydrogen) atoms. The minimum absolute atomic E-state index is 0.0505. The summed E-state index contributed by atoms with van der Waals surface area (Å²) in [7, 11) is 8.91. The number of ether oxygens (including phenoxy) is 8. The lowest BCUT2D eigenvalue weighted by Gasteiger charge is -2.45. The number of Topliss-reactive ketones (excluding diaryl/α,β-unsaturated/α-hetero) is 1. The molecule has 2 saturated carbocycles. The molecule has 1 aromatic carbocycles. The van der Waals surface area contributed by atoms with Crippen LogP contribution in [0.15, 0.2) is 42.1 Å². The third-order valence-electron chi connectivity index (χ3n) is 15.8. The Morgan fingerprint density at radius 1 is 0.877 bits per heavy atom. The van der Waals surface area contributed by atoms with Crippen LogP contribution >= 0.6 is 0 Å². The maximum atomic E-state index is 18.3. The Hall–Kier alpha value is -3.22. The molecule has 0 spiro atoms. The van der Waals surface area contributed by atoms with E-state index in [4.69, 9.17) is 37.9 Å². The number of allylic oxidation sites excluding steroid dienone is 2. The molecule has 16 heteroatoms. The Morgan fingerprint density at radius 2 is 1.60 bits per heavy atom. The normalized spacial score (nSPS) is 41.5. The maximum absolute atomic E-state index is 18.3. The molecule has 0 N–H and O–H groups in total. The van der Waals surface area contributed by atoms with Crippen LogP contribution in [0.25, 0.3) is 11.3 Å². The number of aromatic nitrogens is 3. The molecule has 4 heterocycles. The summed E-state index contributed by atoms with van der Waals surface area (Å²) in [6.45, 7) is 7.88. The molecule has 8 rings (SSSR count). The first-order valence-corrected chi connectivity index (χ1v) is 23.9. The number of benzene rings is 1. The van der Waals surface area contributed by atoms with Gasteiger partial charge in [-0.05, 0) is 127 Å². The summed E-state index contributed by atoms with van der Waals surface area (Å²) in [4.78, 5) is 31.3. The van der Waals surface area contributed by atoms with Gasteiger partial charge in [-0.25, -0.2) is 13.5 Å². The highest BCUT2D eigenvalue weighted by molar-refractivity contribution is 5.99. The molecule has 3 aliphatic heterocycles. The lowest BCUT2D eigenvalue weighted by atomic mass is 9.63. The zero-order valence-corrected chi connectivity index (χ0v) is 39.4. The Balaban J connectivity index is 1.13. The van der Waals surface area contributed by atoms with Crippen molar-refractivity contribution in [3.05, 3.63) is 47.9 Å². The number of ketones is 1. The van der Waals surface area contributed by atoms with E-state index < -0.39 is 78.9 Å². The number of methoxy groups -OCH3 is 3. The molecule has 0 bridgehead atoms. The Bertz CT molecular complexity index is 1970. The number of fused-ring (bicyclic) bond motifs is 5. The summed E-state index contributed by atoms with van der Waals surface area (Å²) in [5, 5.41) is 8.96. The topological polar surface area (TPSA) is 142 Å². The maximum Gasteiger partial charge on any atom is 0.306 e. The molecule has 19 atom stereocenters. The third kappa shape index (κ3) is 9.75. The predicted octanol–water partition coefficient (Wildman–Crippen LogP) is 6.91. The van der Waals surface area contributed by atoms with Crippen LogP contribution < -0.4 is 0 Å². The first-order valence-electron chi connectivity index (χ1n) is 23.9. The fourth-order valence-corrected chi connectivity index (χ4v) is 12.5. The molecular weight excluding hydrogens is 843 g/mol. The number of likely N-dealkylation sites (N-methyl/N-ethyl adjacent to an activating group) is 1. The number of halogens is 2. The average molecular weight is 913 g/mol. The number of hydrogen-bond acceptors (Lipinski definition) is 13. The highest BCUT2D eigenvalue weighted by Crippen LogP contribution is 2.61. The summed E-state index contributed by atoms with van der Waals surface area (Å²) in [5.74, 6) is -3.90. The molecule has 1 aromatic heterocycles. The van der Waals surface area contributed by atoms with Gasteiger partial charge in [0.15, 0.2) is 18.4 Å². The van der Waals surface area contributed by atoms with Crippen LogP contribution in [0.5, 0.6) is 0 Å². The Kier molecular flexibility index (Phi) is 15.3. The van der Waals surface area contributed by atoms with Crippen molar-refractivity contribution in [2.45, 2.75) is 165 Å². The molecular formula is C49H70F2N4O10. The van der Waals surface area contributed by atoms with Crippen molar-refractivity contribution in [2.24, 2.45) is 35.5 Å². The fourth-order valence-electron chi connectivity index (χ4n) is 12.5. The molecule has 6 aliphatic rings. The van der Waals surface area contributed by atoms with Gasteiger partial charge < -0.3 is 42.8 Å². The van der Waals surface area contributed by atoms with Gasteiger partial charge in [0, 0.05) is 50.7 Å². The molecule has 14 nitrogen and oxygen atoms in total. The number of alkyl halides is 1. The highest BCUT2D eigenvalue weighted by atomic mass is 19.1. The van der Waals surface area contributed by atoms with Gasteiger partial charge in [-0.3, -0.25) is 9.59 Å². The molecule has 3 aliphatic carbocycles. The number of esters is 1. The van der Waals surface area contributed by atoms with E-state index in [1.165, 1.54) is 12.1 Å². The number of carbonyl (C=O) groups is 2. The standard InChI is InChI=1S/C49H70F2N4O10/c1-10-30-12-11-13-39(65-41-19-18-38(54(5)6)26(3)61-41)25(2)45(57)36-22-33-32-20-31(64-49-48(60-9)47(59-8)46(58-7)27(4)62-49)21-35(32)44(43(51)42(33)34(36)23-40(56)63-30)55-24-37(52-53-55)28-14-16-29(50)17-15-28/h14-17,22,24-27,30-35,38-39,41-44,46-49H,10-13,18-21,23H2,1-9H3/t25-,26?,27?,30+,31+,32+,33+,34-,35-,38+,39+,41+,42-,43?,44?,46+,47?,48+,49+/m1/s1. The van der Waals surface area contributed by atoms with Gasteiger partial charge in [-0.1, -0.05) is 25.1 Å². The molecule has 5 fully saturated rings. The van der Waals surface area contributed by atoms with Gasteiger partial charge >= 0.3 is 5.97 Å². The predicted molar refractivity (Wildman–Crippen MR) is 234 cm³/mol. The summed E-state index contributed by atoms with van der Waals surface area (Å²) < 4.78 is 83.9. The molecule has 5 unspecified atom stereocenters. The van der Waals surface area contributed by atoms with Gasteiger partial charge in [-0.15, -0.1) is 5.10 Å². The molecule has 3 saturated heterocycles. The Labute approximate surface area is 382 Å². The average Bonchev–Trinajstić information content (AvgIpc) is 4.03. The first-order chi connectivity index (χ1) is 31.2. The number of nitrogens with zero attached hydrogens (tertiary/aromatic N) is 4. The molecule has 0 radical (unpaired) electrons. The Morgan fingerprint density at radius 3 is 2.28 bits per heavy atom. The van der Waals surface area contributed by atoms with Crippen LogP contribution in [0.1, 0.15) is 91.5 Å². The van der Waals surface area contributed by atoms with E-state index in [-0.39, 0.29) is 60.3 Å². The quantitative estimate of drug-likeness (QED) is 0.216. The van der Waals surface area contributed by atoms with Crippen molar-refractivity contribution in [1.82, 2.24) is 19.9 Å². The SMILES string of the molecule is CC[C@H]1CCC[C@H](O[C@H]2CC[C@H](N(C)C)C(C)O2)[C@@H](C)C(=O)C2=C[C@H]3[C@@H]4C[C@H](O[C@@H]5OC(C)[C@H](OC)C(OC)[C@@H]5OC)C[C@H]4C(n4cc(-c5ccc(F)cc5)nn4)C(F)[C@H]3[C@@H]2CC(=O)O1. The van der Waals surface area contributed by atoms with Gasteiger partial charge in [0.25, 0.3) is 0 Å². The fraction of sp³-hybridized carbons (Fsp3) is 0.755. The second-order valence-corrected chi connectivity index (χ2v) is 19.6. The van der Waals surface area contributed by atoms with E-state index in [0.717, 1.165) is 6.42 Å². The van der Waals surface area contributed by atoms with Crippen LogP contribution in [-0.4, -0.2) is 141 Å². The molecule has 2 aromatic rings. The summed E-state index contributed by atoms with van der Waals surface area (Å²) >= 11 is 0. The van der Waals surface area contributed by atoms with Gasteiger partial charge in [0.2, 0.25) is 0 Å². The van der Waals surface area contributed by atoms with Gasteiger partial charge in [-0.2, -0.15) is 0 Å². The minimum atomic E-state index is -1.54. The van der Waals surface area contributed by atoms with Crippen molar-refractivity contribution in [1.29, 1.82) is 0 Å². The van der Waals surface area contributed by atoms with Crippen LogP contribution in [0.4, 0.5) is 8.78 Å².